The zero-order valence-electron chi connectivity index (χ0n) is 11.0. The fourth-order valence-electron chi connectivity index (χ4n) is 1.30. The number of nitrogen functional groups attached to an aromatic ring is 1. The Hall–Kier alpha value is -1.20. The molecule has 0 saturated heterocycles. The van der Waals surface area contributed by atoms with E-state index in [1.54, 1.807) is 13.2 Å². The van der Waals surface area contributed by atoms with Crippen LogP contribution in [0.1, 0.15) is 31.8 Å². The fraction of sp³-hybridized carbons (Fsp3) is 0.667. The first kappa shape index (κ1) is 13.9. The quantitative estimate of drug-likeness (QED) is 0.765. The number of nitrogens with zero attached hydrogens (tertiary/aromatic N) is 2. The number of aromatic nitrogens is 2. The molecule has 0 saturated carbocycles. The van der Waals surface area contributed by atoms with Crippen molar-refractivity contribution in [1.82, 2.24) is 9.97 Å². The van der Waals surface area contributed by atoms with E-state index in [1.807, 2.05) is 20.8 Å². The maximum atomic E-state index is 5.63. The first-order valence-corrected chi connectivity index (χ1v) is 5.66. The van der Waals surface area contributed by atoms with Gasteiger partial charge in [0.2, 0.25) is 0 Å². The summed E-state index contributed by atoms with van der Waals surface area (Å²) >= 11 is 0. The van der Waals surface area contributed by atoms with E-state index in [0.29, 0.717) is 24.9 Å². The highest BCUT2D eigenvalue weighted by atomic mass is 16.5. The maximum absolute atomic E-state index is 5.63. The smallest absolute Gasteiger partial charge is 0.156 e. The third-order valence-corrected chi connectivity index (χ3v) is 2.55. The summed E-state index contributed by atoms with van der Waals surface area (Å²) < 4.78 is 10.8. The van der Waals surface area contributed by atoms with Crippen molar-refractivity contribution in [2.45, 2.75) is 39.4 Å². The van der Waals surface area contributed by atoms with E-state index in [2.05, 4.69) is 9.97 Å². The summed E-state index contributed by atoms with van der Waals surface area (Å²) in [4.78, 5) is 8.34. The van der Waals surface area contributed by atoms with Gasteiger partial charge < -0.3 is 15.2 Å². The third kappa shape index (κ3) is 5.10. The maximum Gasteiger partial charge on any atom is 0.156 e. The summed E-state index contributed by atoms with van der Waals surface area (Å²) in [5, 5.41) is 0. The predicted octanol–water partition coefficient (Wildman–Crippen LogP) is 1.70. The van der Waals surface area contributed by atoms with Crippen molar-refractivity contribution >= 4 is 5.82 Å². The molecule has 96 valence electrons. The average Bonchev–Trinajstić information content (AvgIpc) is 2.23. The molecule has 0 aliphatic rings. The highest BCUT2D eigenvalue weighted by Gasteiger charge is 2.15. The minimum Gasteiger partial charge on any atom is -0.384 e. The van der Waals surface area contributed by atoms with Crippen LogP contribution in [-0.4, -0.2) is 29.3 Å². The summed E-state index contributed by atoms with van der Waals surface area (Å²) in [7, 11) is 1.70. The topological polar surface area (TPSA) is 70.3 Å². The summed E-state index contributed by atoms with van der Waals surface area (Å²) in [6.45, 7) is 6.92. The van der Waals surface area contributed by atoms with Gasteiger partial charge in [0, 0.05) is 25.5 Å². The van der Waals surface area contributed by atoms with E-state index in [4.69, 9.17) is 15.2 Å². The van der Waals surface area contributed by atoms with Crippen LogP contribution in [0.25, 0.3) is 0 Å². The molecule has 1 heterocycles. The Labute approximate surface area is 102 Å². The number of nitrogens with two attached hydrogens (primary N) is 1. The summed E-state index contributed by atoms with van der Waals surface area (Å²) in [5.74, 6) is 1.10. The van der Waals surface area contributed by atoms with Crippen LogP contribution in [-0.2, 0) is 16.1 Å². The molecule has 0 aliphatic heterocycles. The van der Waals surface area contributed by atoms with Gasteiger partial charge in [-0.15, -0.1) is 0 Å². The van der Waals surface area contributed by atoms with Gasteiger partial charge in [0.05, 0.1) is 5.60 Å². The highest BCUT2D eigenvalue weighted by molar-refractivity contribution is 5.28. The Balaban J connectivity index is 2.36. The van der Waals surface area contributed by atoms with Crippen LogP contribution >= 0.6 is 0 Å². The zero-order chi connectivity index (χ0) is 12.9. The second-order valence-corrected chi connectivity index (χ2v) is 4.62. The molecule has 17 heavy (non-hydrogen) atoms. The van der Waals surface area contributed by atoms with E-state index in [-0.39, 0.29) is 5.60 Å². The average molecular weight is 239 g/mol. The van der Waals surface area contributed by atoms with Crippen LogP contribution in [0.3, 0.4) is 0 Å². The second kappa shape index (κ2) is 5.93. The molecule has 1 aromatic rings. The van der Waals surface area contributed by atoms with Crippen LogP contribution in [0.5, 0.6) is 0 Å². The number of ether oxygens (including phenoxy) is 2. The Morgan fingerprint density at radius 3 is 2.65 bits per heavy atom. The van der Waals surface area contributed by atoms with Crippen molar-refractivity contribution in [3.63, 3.8) is 0 Å². The van der Waals surface area contributed by atoms with Gasteiger partial charge in [-0.1, -0.05) is 0 Å². The molecular formula is C12H21N3O2. The normalized spacial score (nSPS) is 11.8. The van der Waals surface area contributed by atoms with Crippen LogP contribution in [0.4, 0.5) is 5.82 Å². The lowest BCUT2D eigenvalue weighted by molar-refractivity contribution is -0.0132. The monoisotopic (exact) mass is 239 g/mol. The fourth-order valence-corrected chi connectivity index (χ4v) is 1.30. The first-order chi connectivity index (χ1) is 7.93. The molecule has 0 fully saturated rings. The van der Waals surface area contributed by atoms with Gasteiger partial charge in [0.15, 0.2) is 5.82 Å². The van der Waals surface area contributed by atoms with Crippen molar-refractivity contribution in [2.75, 3.05) is 19.5 Å². The van der Waals surface area contributed by atoms with Crippen molar-refractivity contribution in [1.29, 1.82) is 0 Å². The molecule has 0 atom stereocenters. The SMILES string of the molecule is COC(C)(C)CCOCc1nc(C)cc(N)n1. The molecule has 0 amide bonds. The lowest BCUT2D eigenvalue weighted by Crippen LogP contribution is -2.24. The van der Waals surface area contributed by atoms with Gasteiger partial charge in [0.25, 0.3) is 0 Å². The number of rotatable bonds is 6. The summed E-state index contributed by atoms with van der Waals surface area (Å²) in [5.41, 5.74) is 6.32. The Morgan fingerprint density at radius 1 is 1.35 bits per heavy atom. The van der Waals surface area contributed by atoms with E-state index < -0.39 is 0 Å². The largest absolute Gasteiger partial charge is 0.384 e. The number of hydrogen-bond acceptors (Lipinski definition) is 5. The Bertz CT molecular complexity index is 347. The molecule has 1 aromatic heterocycles. The predicted molar refractivity (Wildman–Crippen MR) is 66.5 cm³/mol. The van der Waals surface area contributed by atoms with Crippen LogP contribution < -0.4 is 5.73 Å². The Morgan fingerprint density at radius 2 is 2.06 bits per heavy atom. The van der Waals surface area contributed by atoms with Gasteiger partial charge in [-0.05, 0) is 27.2 Å². The summed E-state index contributed by atoms with van der Waals surface area (Å²) in [6, 6.07) is 1.73. The standard InChI is InChI=1S/C12H21N3O2/c1-9-7-10(13)15-11(14-9)8-17-6-5-12(2,3)16-4/h7H,5-6,8H2,1-4H3,(H2,13,14,15). The van der Waals surface area contributed by atoms with Gasteiger partial charge >= 0.3 is 0 Å². The molecule has 0 aromatic carbocycles. The number of hydrogen-bond donors (Lipinski definition) is 1. The molecule has 2 N–H and O–H groups in total. The van der Waals surface area contributed by atoms with Crippen LogP contribution in [0.2, 0.25) is 0 Å². The minimum atomic E-state index is -0.160. The second-order valence-electron chi connectivity index (χ2n) is 4.62. The van der Waals surface area contributed by atoms with Gasteiger partial charge in [-0.2, -0.15) is 0 Å². The van der Waals surface area contributed by atoms with Crippen molar-refractivity contribution in [2.24, 2.45) is 0 Å². The lowest BCUT2D eigenvalue weighted by atomic mass is 10.1. The van der Waals surface area contributed by atoms with E-state index in [0.717, 1.165) is 12.1 Å². The number of methoxy groups -OCH3 is 1. The molecule has 0 unspecified atom stereocenters. The summed E-state index contributed by atoms with van der Waals surface area (Å²) in [6.07, 6.45) is 0.824. The molecule has 0 radical (unpaired) electrons. The molecule has 5 heteroatoms. The molecule has 0 aliphatic carbocycles. The van der Waals surface area contributed by atoms with Crippen LogP contribution in [0, 0.1) is 6.92 Å². The van der Waals surface area contributed by atoms with Gasteiger partial charge in [-0.25, -0.2) is 9.97 Å². The number of anilines is 1. The first-order valence-electron chi connectivity index (χ1n) is 5.66. The molecule has 0 spiro atoms. The molecular weight excluding hydrogens is 218 g/mol. The van der Waals surface area contributed by atoms with Gasteiger partial charge in [-0.3, -0.25) is 0 Å². The Kier molecular flexibility index (Phi) is 4.84. The van der Waals surface area contributed by atoms with E-state index >= 15 is 0 Å². The third-order valence-electron chi connectivity index (χ3n) is 2.55. The zero-order valence-corrected chi connectivity index (χ0v) is 11.0. The van der Waals surface area contributed by atoms with Crippen LogP contribution in [0.15, 0.2) is 6.07 Å². The molecule has 5 nitrogen and oxygen atoms in total. The highest BCUT2D eigenvalue weighted by Crippen LogP contribution is 2.13. The lowest BCUT2D eigenvalue weighted by Gasteiger charge is -2.22. The number of aryl methyl sites for hydroxylation is 1. The van der Waals surface area contributed by atoms with E-state index in [1.165, 1.54) is 0 Å². The molecule has 0 bridgehead atoms. The van der Waals surface area contributed by atoms with Crippen molar-refractivity contribution in [3.05, 3.63) is 17.6 Å². The van der Waals surface area contributed by atoms with E-state index in [9.17, 15) is 0 Å². The minimum absolute atomic E-state index is 0.160. The van der Waals surface area contributed by atoms with Crippen molar-refractivity contribution in [3.8, 4) is 0 Å². The molecule has 1 rings (SSSR count). The van der Waals surface area contributed by atoms with Crippen molar-refractivity contribution < 1.29 is 9.47 Å². The van der Waals surface area contributed by atoms with Gasteiger partial charge in [0.1, 0.15) is 12.4 Å².